The van der Waals surface area contributed by atoms with Crippen molar-refractivity contribution in [2.24, 2.45) is 5.73 Å². The molecule has 0 atom stereocenters. The van der Waals surface area contributed by atoms with E-state index in [9.17, 15) is 4.79 Å². The summed E-state index contributed by atoms with van der Waals surface area (Å²) < 4.78 is 17.0. The molecule has 0 aromatic carbocycles. The van der Waals surface area contributed by atoms with E-state index in [1.165, 1.54) is 0 Å². The fraction of sp³-hybridized carbons (Fsp3) is 0.938. The van der Waals surface area contributed by atoms with E-state index in [-0.39, 0.29) is 17.0 Å². The van der Waals surface area contributed by atoms with Crippen LogP contribution in [0.25, 0.3) is 0 Å². The van der Waals surface area contributed by atoms with Gasteiger partial charge in [0.15, 0.2) is 0 Å². The van der Waals surface area contributed by atoms with Crippen molar-refractivity contribution in [3.63, 3.8) is 0 Å². The van der Waals surface area contributed by atoms with Crippen molar-refractivity contribution in [2.75, 3.05) is 33.0 Å². The van der Waals surface area contributed by atoms with Gasteiger partial charge in [-0.05, 0) is 47.5 Å². The number of hydrogen-bond acceptors (Lipinski definition) is 5. The molecule has 0 unspecified atom stereocenters. The molecule has 0 radical (unpaired) electrons. The topological polar surface area (TPSA) is 70.8 Å². The van der Waals surface area contributed by atoms with E-state index in [2.05, 4.69) is 13.8 Å². The van der Waals surface area contributed by atoms with Crippen molar-refractivity contribution >= 4 is 5.78 Å². The molecular weight excluding hydrogens is 270 g/mol. The summed E-state index contributed by atoms with van der Waals surface area (Å²) >= 11 is 0. The summed E-state index contributed by atoms with van der Waals surface area (Å²) in [5, 5.41) is 0. The normalized spacial score (nSPS) is 12.7. The zero-order valence-electron chi connectivity index (χ0n) is 14.4. The van der Waals surface area contributed by atoms with Gasteiger partial charge in [-0.15, -0.1) is 0 Å². The minimum Gasteiger partial charge on any atom is -0.380 e. The number of ether oxygens (including phenoxy) is 3. The van der Waals surface area contributed by atoms with Gasteiger partial charge in [-0.3, -0.25) is 4.79 Å². The molecule has 0 fully saturated rings. The number of ketones is 1. The van der Waals surface area contributed by atoms with Crippen LogP contribution in [0, 0.1) is 0 Å². The third kappa shape index (κ3) is 12.9. The number of carbonyl (C=O) groups excluding carboxylic acids is 1. The Kier molecular flexibility index (Phi) is 10.0. The largest absolute Gasteiger partial charge is 0.380 e. The van der Waals surface area contributed by atoms with Gasteiger partial charge in [0.05, 0.1) is 31.0 Å². The summed E-state index contributed by atoms with van der Waals surface area (Å²) in [4.78, 5) is 10.9. The average molecular weight is 303 g/mol. The molecule has 0 saturated carbocycles. The second-order valence-electron chi connectivity index (χ2n) is 6.57. The number of hydrogen-bond donors (Lipinski definition) is 1. The lowest BCUT2D eigenvalue weighted by Crippen LogP contribution is -2.32. The molecule has 2 N–H and O–H groups in total. The van der Waals surface area contributed by atoms with Gasteiger partial charge in [0, 0.05) is 19.6 Å². The average Bonchev–Trinajstić information content (AvgIpc) is 2.33. The van der Waals surface area contributed by atoms with Crippen LogP contribution in [0.4, 0.5) is 0 Å². The standard InChI is InChI=1S/C16H33NO4/c1-14(18)6-10-20-16(4,5)8-12-21-15(2,3)7-11-19-13-9-17/h6-13,17H2,1-5H3. The van der Waals surface area contributed by atoms with E-state index in [0.717, 1.165) is 12.8 Å². The summed E-state index contributed by atoms with van der Waals surface area (Å²) in [6.45, 7) is 12.6. The Morgan fingerprint density at radius 2 is 1.43 bits per heavy atom. The van der Waals surface area contributed by atoms with Crippen LogP contribution in [-0.4, -0.2) is 50.0 Å². The van der Waals surface area contributed by atoms with Gasteiger partial charge in [-0.1, -0.05) is 0 Å². The summed E-state index contributed by atoms with van der Waals surface area (Å²) in [6, 6.07) is 0. The molecule has 0 spiro atoms. The van der Waals surface area contributed by atoms with E-state index in [0.29, 0.717) is 39.4 Å². The molecule has 0 aliphatic carbocycles. The van der Waals surface area contributed by atoms with Gasteiger partial charge in [0.25, 0.3) is 0 Å². The highest BCUT2D eigenvalue weighted by Crippen LogP contribution is 2.19. The monoisotopic (exact) mass is 303 g/mol. The molecule has 5 heteroatoms. The van der Waals surface area contributed by atoms with Gasteiger partial charge >= 0.3 is 0 Å². The van der Waals surface area contributed by atoms with Crippen LogP contribution in [0.15, 0.2) is 0 Å². The molecule has 126 valence electrons. The van der Waals surface area contributed by atoms with Gasteiger partial charge in [-0.2, -0.15) is 0 Å². The van der Waals surface area contributed by atoms with Crippen molar-refractivity contribution in [1.29, 1.82) is 0 Å². The Hall–Kier alpha value is -0.490. The number of rotatable bonds is 13. The second-order valence-corrected chi connectivity index (χ2v) is 6.57. The lowest BCUT2D eigenvalue weighted by Gasteiger charge is -2.29. The maximum Gasteiger partial charge on any atom is 0.132 e. The summed E-state index contributed by atoms with van der Waals surface area (Å²) in [5.41, 5.74) is 4.88. The van der Waals surface area contributed by atoms with Crippen LogP contribution >= 0.6 is 0 Å². The molecule has 0 heterocycles. The fourth-order valence-electron chi connectivity index (χ4n) is 1.69. The number of carbonyl (C=O) groups is 1. The molecule has 0 aromatic heterocycles. The minimum atomic E-state index is -0.276. The van der Waals surface area contributed by atoms with Crippen LogP contribution in [-0.2, 0) is 19.0 Å². The molecule has 0 aliphatic heterocycles. The molecule has 0 bridgehead atoms. The van der Waals surface area contributed by atoms with Crippen molar-refractivity contribution < 1.29 is 19.0 Å². The Morgan fingerprint density at radius 1 is 0.905 bits per heavy atom. The maximum absolute atomic E-state index is 10.9. The van der Waals surface area contributed by atoms with E-state index in [1.54, 1.807) is 6.92 Å². The van der Waals surface area contributed by atoms with Crippen molar-refractivity contribution in [1.82, 2.24) is 0 Å². The first-order chi connectivity index (χ1) is 9.68. The van der Waals surface area contributed by atoms with Gasteiger partial charge < -0.3 is 19.9 Å². The van der Waals surface area contributed by atoms with Crippen LogP contribution in [0.1, 0.15) is 53.9 Å². The predicted octanol–water partition coefficient (Wildman–Crippen LogP) is 2.31. The van der Waals surface area contributed by atoms with Crippen LogP contribution in [0.2, 0.25) is 0 Å². The first kappa shape index (κ1) is 20.5. The van der Waals surface area contributed by atoms with Crippen LogP contribution in [0.5, 0.6) is 0 Å². The van der Waals surface area contributed by atoms with Crippen LogP contribution < -0.4 is 5.73 Å². The number of nitrogens with two attached hydrogens (primary N) is 1. The van der Waals surface area contributed by atoms with Gasteiger partial charge in [-0.25, -0.2) is 0 Å². The first-order valence-electron chi connectivity index (χ1n) is 7.74. The molecule has 0 rings (SSSR count). The molecule has 21 heavy (non-hydrogen) atoms. The molecule has 0 amide bonds. The Balaban J connectivity index is 3.84. The molecule has 0 aliphatic rings. The SMILES string of the molecule is CC(=O)CCOC(C)(C)CCOC(C)(C)CCOCCN. The third-order valence-corrected chi connectivity index (χ3v) is 3.25. The van der Waals surface area contributed by atoms with Gasteiger partial charge in [0.1, 0.15) is 5.78 Å². The van der Waals surface area contributed by atoms with Crippen molar-refractivity contribution in [3.05, 3.63) is 0 Å². The Morgan fingerprint density at radius 3 is 1.95 bits per heavy atom. The first-order valence-corrected chi connectivity index (χ1v) is 7.74. The Labute approximate surface area is 129 Å². The molecular formula is C16H33NO4. The quantitative estimate of drug-likeness (QED) is 0.529. The zero-order valence-corrected chi connectivity index (χ0v) is 14.4. The molecule has 0 aromatic rings. The summed E-state index contributed by atoms with van der Waals surface area (Å²) in [6.07, 6.45) is 2.09. The highest BCUT2D eigenvalue weighted by molar-refractivity contribution is 5.75. The molecule has 0 saturated heterocycles. The fourth-order valence-corrected chi connectivity index (χ4v) is 1.69. The van der Waals surface area contributed by atoms with E-state index >= 15 is 0 Å². The van der Waals surface area contributed by atoms with Crippen LogP contribution in [0.3, 0.4) is 0 Å². The maximum atomic E-state index is 10.9. The van der Waals surface area contributed by atoms with E-state index in [1.807, 2.05) is 13.8 Å². The second kappa shape index (κ2) is 10.3. The summed E-state index contributed by atoms with van der Waals surface area (Å²) in [5.74, 6) is 0.153. The zero-order chi connectivity index (χ0) is 16.4. The predicted molar refractivity (Wildman–Crippen MR) is 84.5 cm³/mol. The van der Waals surface area contributed by atoms with E-state index in [4.69, 9.17) is 19.9 Å². The van der Waals surface area contributed by atoms with Crippen molar-refractivity contribution in [3.8, 4) is 0 Å². The minimum absolute atomic E-state index is 0.153. The number of Topliss-reactive ketones (excluding diaryl/α,β-unsaturated/α-hetero) is 1. The van der Waals surface area contributed by atoms with Gasteiger partial charge in [0.2, 0.25) is 0 Å². The summed E-state index contributed by atoms with van der Waals surface area (Å²) in [7, 11) is 0. The highest BCUT2D eigenvalue weighted by atomic mass is 16.5. The smallest absolute Gasteiger partial charge is 0.132 e. The van der Waals surface area contributed by atoms with E-state index < -0.39 is 0 Å². The third-order valence-electron chi connectivity index (χ3n) is 3.25. The highest BCUT2D eigenvalue weighted by Gasteiger charge is 2.22. The van der Waals surface area contributed by atoms with Crippen molar-refractivity contribution in [2.45, 2.75) is 65.1 Å². The Bertz CT molecular complexity index is 290. The lowest BCUT2D eigenvalue weighted by molar-refractivity contribution is -0.120. The lowest BCUT2D eigenvalue weighted by atomic mass is 10.0. The molecule has 5 nitrogen and oxygen atoms in total.